The van der Waals surface area contributed by atoms with Gasteiger partial charge in [0.2, 0.25) is 0 Å². The molecule has 1 atom stereocenters. The van der Waals surface area contributed by atoms with E-state index in [9.17, 15) is 4.39 Å². The molecule has 0 saturated heterocycles. The Hall–Kier alpha value is -1.67. The molecule has 0 heterocycles. The van der Waals surface area contributed by atoms with E-state index in [1.165, 1.54) is 16.7 Å². The average Bonchev–Trinajstić information content (AvgIpc) is 2.80. The zero-order chi connectivity index (χ0) is 13.4. The van der Waals surface area contributed by atoms with Crippen LogP contribution >= 0.6 is 0 Å². The Morgan fingerprint density at radius 3 is 2.79 bits per heavy atom. The monoisotopic (exact) mass is 255 g/mol. The molecule has 0 radical (unpaired) electrons. The van der Waals surface area contributed by atoms with Gasteiger partial charge in [-0.05, 0) is 66.8 Å². The van der Waals surface area contributed by atoms with Crippen molar-refractivity contribution in [3.63, 3.8) is 0 Å². The van der Waals surface area contributed by atoms with E-state index in [-0.39, 0.29) is 5.82 Å². The maximum atomic E-state index is 13.6. The zero-order valence-corrected chi connectivity index (χ0v) is 11.3. The van der Waals surface area contributed by atoms with Gasteiger partial charge in [0.15, 0.2) is 0 Å². The van der Waals surface area contributed by atoms with E-state index in [0.29, 0.717) is 6.04 Å². The lowest BCUT2D eigenvalue weighted by Crippen LogP contribution is -2.12. The van der Waals surface area contributed by atoms with Gasteiger partial charge in [-0.3, -0.25) is 0 Å². The van der Waals surface area contributed by atoms with Crippen LogP contribution in [0.15, 0.2) is 36.4 Å². The zero-order valence-electron chi connectivity index (χ0n) is 11.3. The van der Waals surface area contributed by atoms with Gasteiger partial charge in [0.25, 0.3) is 0 Å². The molecule has 1 aliphatic carbocycles. The first-order valence-electron chi connectivity index (χ1n) is 6.75. The van der Waals surface area contributed by atoms with Gasteiger partial charge in [-0.15, -0.1) is 0 Å². The van der Waals surface area contributed by atoms with Crippen LogP contribution in [0.25, 0.3) is 11.1 Å². The molecule has 0 bridgehead atoms. The Bertz CT molecular complexity index is 598. The fourth-order valence-electron chi connectivity index (χ4n) is 3.12. The van der Waals surface area contributed by atoms with Crippen LogP contribution in [0.4, 0.5) is 4.39 Å². The summed E-state index contributed by atoms with van der Waals surface area (Å²) in [7, 11) is 2.00. The Kier molecular flexibility index (Phi) is 3.11. The average molecular weight is 255 g/mol. The summed E-state index contributed by atoms with van der Waals surface area (Å²) < 4.78 is 13.6. The van der Waals surface area contributed by atoms with Crippen molar-refractivity contribution in [3.05, 3.63) is 58.9 Å². The lowest BCUT2D eigenvalue weighted by molar-refractivity contribution is 0.590. The summed E-state index contributed by atoms with van der Waals surface area (Å²) in [5.41, 5.74) is 5.87. The molecule has 1 N–H and O–H groups in total. The van der Waals surface area contributed by atoms with Crippen LogP contribution in [0.3, 0.4) is 0 Å². The Labute approximate surface area is 113 Å². The van der Waals surface area contributed by atoms with E-state index < -0.39 is 0 Å². The lowest BCUT2D eigenvalue weighted by atomic mass is 9.95. The van der Waals surface area contributed by atoms with Crippen molar-refractivity contribution in [3.8, 4) is 11.1 Å². The highest BCUT2D eigenvalue weighted by atomic mass is 19.1. The molecular formula is C17H18FN. The van der Waals surface area contributed by atoms with E-state index in [1.807, 2.05) is 14.0 Å². The maximum Gasteiger partial charge on any atom is 0.124 e. The van der Waals surface area contributed by atoms with Gasteiger partial charge in [0, 0.05) is 6.04 Å². The molecule has 0 amide bonds. The number of halogens is 1. The van der Waals surface area contributed by atoms with E-state index >= 15 is 0 Å². The largest absolute Gasteiger partial charge is 0.313 e. The van der Waals surface area contributed by atoms with Crippen LogP contribution in [0.1, 0.15) is 29.2 Å². The summed E-state index contributed by atoms with van der Waals surface area (Å²) >= 11 is 0. The van der Waals surface area contributed by atoms with E-state index in [1.54, 1.807) is 12.1 Å². The smallest absolute Gasteiger partial charge is 0.124 e. The van der Waals surface area contributed by atoms with Crippen molar-refractivity contribution in [2.45, 2.75) is 25.8 Å². The minimum Gasteiger partial charge on any atom is -0.313 e. The van der Waals surface area contributed by atoms with Crippen molar-refractivity contribution >= 4 is 0 Å². The molecule has 1 unspecified atom stereocenters. The standard InChI is InChI=1S/C17H18FN/c1-11-8-12(10-13(18)9-11)14-4-3-5-16-15(14)6-7-17(16)19-2/h3-5,8-10,17,19H,6-7H2,1-2H3. The maximum absolute atomic E-state index is 13.6. The first kappa shape index (κ1) is 12.4. The summed E-state index contributed by atoms with van der Waals surface area (Å²) in [5, 5.41) is 3.35. The first-order valence-corrected chi connectivity index (χ1v) is 6.75. The summed E-state index contributed by atoms with van der Waals surface area (Å²) in [4.78, 5) is 0. The minimum absolute atomic E-state index is 0.157. The summed E-state index contributed by atoms with van der Waals surface area (Å²) in [6.45, 7) is 1.94. The van der Waals surface area contributed by atoms with Crippen LogP contribution in [0.2, 0.25) is 0 Å². The van der Waals surface area contributed by atoms with Crippen molar-refractivity contribution in [1.29, 1.82) is 0 Å². The Morgan fingerprint density at radius 2 is 2.05 bits per heavy atom. The topological polar surface area (TPSA) is 12.0 Å². The molecule has 1 aliphatic rings. The number of aryl methyl sites for hydroxylation is 1. The van der Waals surface area contributed by atoms with Crippen molar-refractivity contribution in [2.75, 3.05) is 7.05 Å². The summed E-state index contributed by atoms with van der Waals surface area (Å²) in [6, 6.07) is 12.1. The third-order valence-corrected chi connectivity index (χ3v) is 3.97. The van der Waals surface area contributed by atoms with Gasteiger partial charge in [0.05, 0.1) is 0 Å². The molecule has 1 nitrogen and oxygen atoms in total. The summed E-state index contributed by atoms with van der Waals surface area (Å²) in [5.74, 6) is -0.157. The molecule has 19 heavy (non-hydrogen) atoms. The van der Waals surface area contributed by atoms with Gasteiger partial charge in [-0.25, -0.2) is 4.39 Å². The van der Waals surface area contributed by atoms with Crippen molar-refractivity contribution in [1.82, 2.24) is 5.32 Å². The van der Waals surface area contributed by atoms with E-state index in [2.05, 4.69) is 29.6 Å². The molecule has 3 rings (SSSR count). The second-order valence-electron chi connectivity index (χ2n) is 5.27. The number of hydrogen-bond donors (Lipinski definition) is 1. The highest BCUT2D eigenvalue weighted by molar-refractivity contribution is 5.70. The SMILES string of the molecule is CNC1CCc2c(-c3cc(C)cc(F)c3)cccc21. The Balaban J connectivity index is 2.14. The minimum atomic E-state index is -0.157. The molecule has 0 spiro atoms. The second kappa shape index (κ2) is 4.78. The summed E-state index contributed by atoms with van der Waals surface area (Å²) in [6.07, 6.45) is 2.18. The third-order valence-electron chi connectivity index (χ3n) is 3.97. The fraction of sp³-hybridized carbons (Fsp3) is 0.294. The highest BCUT2D eigenvalue weighted by Gasteiger charge is 2.23. The molecule has 2 heteroatoms. The molecule has 0 fully saturated rings. The molecular weight excluding hydrogens is 237 g/mol. The molecule has 98 valence electrons. The normalized spacial score (nSPS) is 17.5. The van der Waals surface area contributed by atoms with Crippen LogP contribution in [-0.4, -0.2) is 7.05 Å². The predicted molar refractivity (Wildman–Crippen MR) is 76.7 cm³/mol. The van der Waals surface area contributed by atoms with Gasteiger partial charge in [0.1, 0.15) is 5.82 Å². The van der Waals surface area contributed by atoms with Crippen LogP contribution < -0.4 is 5.32 Å². The van der Waals surface area contributed by atoms with Gasteiger partial charge < -0.3 is 5.32 Å². The lowest BCUT2D eigenvalue weighted by Gasteiger charge is -2.12. The second-order valence-corrected chi connectivity index (χ2v) is 5.27. The van der Waals surface area contributed by atoms with Gasteiger partial charge in [-0.2, -0.15) is 0 Å². The van der Waals surface area contributed by atoms with Crippen LogP contribution in [0, 0.1) is 12.7 Å². The van der Waals surface area contributed by atoms with E-state index in [4.69, 9.17) is 0 Å². The highest BCUT2D eigenvalue weighted by Crippen LogP contribution is 2.37. The number of rotatable bonds is 2. The first-order chi connectivity index (χ1) is 9.19. The number of hydrogen-bond acceptors (Lipinski definition) is 1. The molecule has 0 saturated carbocycles. The quantitative estimate of drug-likeness (QED) is 0.855. The Morgan fingerprint density at radius 1 is 1.21 bits per heavy atom. The molecule has 2 aromatic rings. The van der Waals surface area contributed by atoms with Gasteiger partial charge in [-0.1, -0.05) is 24.3 Å². The van der Waals surface area contributed by atoms with Gasteiger partial charge >= 0.3 is 0 Å². The van der Waals surface area contributed by atoms with Crippen LogP contribution in [-0.2, 0) is 6.42 Å². The molecule has 2 aromatic carbocycles. The van der Waals surface area contributed by atoms with Crippen LogP contribution in [0.5, 0.6) is 0 Å². The third kappa shape index (κ3) is 2.17. The number of benzene rings is 2. The van der Waals surface area contributed by atoms with Crippen molar-refractivity contribution < 1.29 is 4.39 Å². The molecule has 0 aliphatic heterocycles. The molecule has 0 aromatic heterocycles. The number of fused-ring (bicyclic) bond motifs is 1. The number of nitrogens with one attached hydrogen (secondary N) is 1. The van der Waals surface area contributed by atoms with E-state index in [0.717, 1.165) is 24.0 Å². The van der Waals surface area contributed by atoms with Crippen molar-refractivity contribution in [2.24, 2.45) is 0 Å². The predicted octanol–water partition coefficient (Wildman–Crippen LogP) is 4.01. The fourth-order valence-corrected chi connectivity index (χ4v) is 3.12.